The van der Waals surface area contributed by atoms with E-state index in [1.54, 1.807) is 0 Å². The molecule has 0 heterocycles. The molecule has 116 valence electrons. The summed E-state index contributed by atoms with van der Waals surface area (Å²) in [5.74, 6) is -0.451. The van der Waals surface area contributed by atoms with Crippen molar-refractivity contribution < 1.29 is 19.8 Å². The molecule has 0 spiro atoms. The summed E-state index contributed by atoms with van der Waals surface area (Å²) in [6.45, 7) is 4.59. The molecule has 0 aromatic heterocycles. The largest absolute Gasteiger partial charge is 0.478 e. The molecule has 1 aliphatic carbocycles. The van der Waals surface area contributed by atoms with E-state index in [4.69, 9.17) is 15.9 Å². The number of carboxylic acid groups (broad SMARTS) is 2. The van der Waals surface area contributed by atoms with Gasteiger partial charge in [0.2, 0.25) is 0 Å². The molecule has 3 unspecified atom stereocenters. The van der Waals surface area contributed by atoms with E-state index in [0.717, 1.165) is 11.8 Å². The second kappa shape index (κ2) is 7.78. The van der Waals surface area contributed by atoms with E-state index >= 15 is 0 Å². The number of rotatable bonds is 2. The van der Waals surface area contributed by atoms with Gasteiger partial charge in [0.1, 0.15) is 0 Å². The molecule has 1 aromatic carbocycles. The minimum atomic E-state index is -1.06. The third-order valence-electron chi connectivity index (χ3n) is 3.88. The Kier molecular flexibility index (Phi) is 6.37. The van der Waals surface area contributed by atoms with Gasteiger partial charge in [-0.3, -0.25) is 0 Å². The third kappa shape index (κ3) is 5.55. The van der Waals surface area contributed by atoms with Gasteiger partial charge in [0.25, 0.3) is 0 Å². The molecule has 1 aliphatic rings. The Labute approximate surface area is 124 Å². The number of hydrogen-bond donors (Lipinski definition) is 3. The summed E-state index contributed by atoms with van der Waals surface area (Å²) in [6, 6.07) is 5.51. The van der Waals surface area contributed by atoms with Crippen LogP contribution in [0.25, 0.3) is 0 Å². The molecule has 3 atom stereocenters. The van der Waals surface area contributed by atoms with Gasteiger partial charge >= 0.3 is 11.9 Å². The van der Waals surface area contributed by atoms with Crippen molar-refractivity contribution in [2.24, 2.45) is 17.6 Å². The first kappa shape index (κ1) is 17.2. The summed E-state index contributed by atoms with van der Waals surface area (Å²) in [7, 11) is 0. The van der Waals surface area contributed by atoms with E-state index in [2.05, 4.69) is 13.8 Å². The molecule has 1 aromatic rings. The van der Waals surface area contributed by atoms with Crippen molar-refractivity contribution in [3.05, 3.63) is 35.4 Å². The second-order valence-corrected chi connectivity index (χ2v) is 5.75. The quantitative estimate of drug-likeness (QED) is 0.778. The zero-order chi connectivity index (χ0) is 16.0. The highest BCUT2D eigenvalue weighted by Crippen LogP contribution is 2.26. The smallest absolute Gasteiger partial charge is 0.335 e. The first-order valence-electron chi connectivity index (χ1n) is 7.13. The first-order chi connectivity index (χ1) is 9.81. The van der Waals surface area contributed by atoms with Crippen LogP contribution in [0, 0.1) is 11.8 Å². The molecule has 1 fully saturated rings. The molecule has 0 aliphatic heterocycles. The van der Waals surface area contributed by atoms with Gasteiger partial charge in [0.05, 0.1) is 11.1 Å². The molecule has 0 radical (unpaired) electrons. The highest BCUT2D eigenvalue weighted by Gasteiger charge is 2.21. The molecular weight excluding hydrogens is 270 g/mol. The van der Waals surface area contributed by atoms with Crippen LogP contribution in [0.1, 0.15) is 53.8 Å². The van der Waals surface area contributed by atoms with E-state index in [9.17, 15) is 9.59 Å². The van der Waals surface area contributed by atoms with Gasteiger partial charge in [-0.05, 0) is 55.4 Å². The fourth-order valence-electron chi connectivity index (χ4n) is 2.44. The van der Waals surface area contributed by atoms with Crippen LogP contribution in [-0.2, 0) is 0 Å². The fraction of sp³-hybridized carbons (Fsp3) is 0.500. The van der Waals surface area contributed by atoms with E-state index in [1.807, 2.05) is 0 Å². The minimum absolute atomic E-state index is 0.0833. The van der Waals surface area contributed by atoms with Crippen molar-refractivity contribution in [3.63, 3.8) is 0 Å². The lowest BCUT2D eigenvalue weighted by Crippen LogP contribution is -2.33. The number of carbonyl (C=O) groups is 2. The van der Waals surface area contributed by atoms with Crippen molar-refractivity contribution >= 4 is 11.9 Å². The molecule has 2 rings (SSSR count). The van der Waals surface area contributed by atoms with Crippen LogP contribution in [-0.4, -0.2) is 28.2 Å². The SMILES string of the molecule is CC1CCC(N)C(C)C1.O=C(O)c1ccc(C(=O)O)cc1. The predicted octanol–water partition coefficient (Wildman–Crippen LogP) is 2.85. The Balaban J connectivity index is 0.000000219. The van der Waals surface area contributed by atoms with Crippen molar-refractivity contribution in [1.29, 1.82) is 0 Å². The van der Waals surface area contributed by atoms with Gasteiger partial charge in [0, 0.05) is 6.04 Å². The molecular formula is C16H23NO4. The van der Waals surface area contributed by atoms with Crippen molar-refractivity contribution in [2.45, 2.75) is 39.2 Å². The van der Waals surface area contributed by atoms with Crippen LogP contribution in [0.2, 0.25) is 0 Å². The van der Waals surface area contributed by atoms with Crippen LogP contribution in [0.15, 0.2) is 24.3 Å². The highest BCUT2D eigenvalue weighted by molar-refractivity contribution is 5.91. The molecule has 5 heteroatoms. The number of nitrogens with two attached hydrogens (primary N) is 1. The van der Waals surface area contributed by atoms with E-state index in [-0.39, 0.29) is 11.1 Å². The van der Waals surface area contributed by atoms with Gasteiger partial charge in [-0.25, -0.2) is 9.59 Å². The Morgan fingerprint density at radius 1 is 1.00 bits per heavy atom. The Morgan fingerprint density at radius 2 is 1.43 bits per heavy atom. The van der Waals surface area contributed by atoms with Crippen LogP contribution >= 0.6 is 0 Å². The van der Waals surface area contributed by atoms with Crippen molar-refractivity contribution in [3.8, 4) is 0 Å². The van der Waals surface area contributed by atoms with Crippen LogP contribution in [0.4, 0.5) is 0 Å². The monoisotopic (exact) mass is 293 g/mol. The molecule has 0 saturated heterocycles. The van der Waals surface area contributed by atoms with Gasteiger partial charge in [-0.15, -0.1) is 0 Å². The van der Waals surface area contributed by atoms with Gasteiger partial charge < -0.3 is 15.9 Å². The summed E-state index contributed by atoms with van der Waals surface area (Å²) in [5.41, 5.74) is 6.01. The zero-order valence-electron chi connectivity index (χ0n) is 12.5. The van der Waals surface area contributed by atoms with Crippen LogP contribution < -0.4 is 5.73 Å². The predicted molar refractivity (Wildman–Crippen MR) is 80.5 cm³/mol. The Bertz CT molecular complexity index is 451. The van der Waals surface area contributed by atoms with Crippen molar-refractivity contribution in [1.82, 2.24) is 0 Å². The maximum Gasteiger partial charge on any atom is 0.335 e. The maximum atomic E-state index is 10.3. The average molecular weight is 293 g/mol. The normalized spacial score (nSPS) is 24.6. The van der Waals surface area contributed by atoms with Gasteiger partial charge in [0.15, 0.2) is 0 Å². The molecule has 4 N–H and O–H groups in total. The number of carboxylic acids is 2. The molecule has 0 bridgehead atoms. The number of benzene rings is 1. The van der Waals surface area contributed by atoms with Crippen LogP contribution in [0.5, 0.6) is 0 Å². The average Bonchev–Trinajstić information content (AvgIpc) is 2.44. The topological polar surface area (TPSA) is 101 Å². The van der Waals surface area contributed by atoms with E-state index in [0.29, 0.717) is 6.04 Å². The molecule has 0 amide bonds. The Hall–Kier alpha value is -1.88. The summed E-state index contributed by atoms with van der Waals surface area (Å²) in [5, 5.41) is 16.9. The molecule has 21 heavy (non-hydrogen) atoms. The van der Waals surface area contributed by atoms with E-state index < -0.39 is 11.9 Å². The third-order valence-corrected chi connectivity index (χ3v) is 3.88. The van der Waals surface area contributed by atoms with Gasteiger partial charge in [-0.2, -0.15) is 0 Å². The van der Waals surface area contributed by atoms with Crippen LogP contribution in [0.3, 0.4) is 0 Å². The maximum absolute atomic E-state index is 10.3. The zero-order valence-corrected chi connectivity index (χ0v) is 12.5. The lowest BCUT2D eigenvalue weighted by molar-refractivity contribution is 0.0681. The molecule has 5 nitrogen and oxygen atoms in total. The Morgan fingerprint density at radius 3 is 1.71 bits per heavy atom. The first-order valence-corrected chi connectivity index (χ1v) is 7.13. The summed E-state index contributed by atoms with van der Waals surface area (Å²) in [4.78, 5) is 20.7. The fourth-order valence-corrected chi connectivity index (χ4v) is 2.44. The summed E-state index contributed by atoms with van der Waals surface area (Å²) in [6.07, 6.45) is 3.91. The lowest BCUT2D eigenvalue weighted by atomic mass is 9.80. The highest BCUT2D eigenvalue weighted by atomic mass is 16.4. The number of hydrogen-bond acceptors (Lipinski definition) is 3. The lowest BCUT2D eigenvalue weighted by Gasteiger charge is -2.29. The van der Waals surface area contributed by atoms with E-state index in [1.165, 1.54) is 43.5 Å². The summed E-state index contributed by atoms with van der Waals surface area (Å²) < 4.78 is 0. The minimum Gasteiger partial charge on any atom is -0.478 e. The number of aromatic carboxylic acids is 2. The second-order valence-electron chi connectivity index (χ2n) is 5.75. The summed E-state index contributed by atoms with van der Waals surface area (Å²) >= 11 is 0. The molecule has 1 saturated carbocycles. The van der Waals surface area contributed by atoms with Gasteiger partial charge in [-0.1, -0.05) is 13.8 Å². The van der Waals surface area contributed by atoms with Crippen molar-refractivity contribution in [2.75, 3.05) is 0 Å². The standard InChI is InChI=1S/C8H17N.C8H6O4/c1-6-3-4-8(9)7(2)5-6;9-7(10)5-1-2-6(4-3-5)8(11)12/h6-8H,3-5,9H2,1-2H3;1-4H,(H,9,10)(H,11,12).